The minimum absolute atomic E-state index is 0.0294. The van der Waals surface area contributed by atoms with Crippen molar-refractivity contribution in [3.05, 3.63) is 44.9 Å². The maximum atomic E-state index is 12.7. The molecule has 1 aromatic carbocycles. The van der Waals surface area contributed by atoms with Crippen molar-refractivity contribution in [2.75, 3.05) is 26.2 Å². The summed E-state index contributed by atoms with van der Waals surface area (Å²) in [5.74, 6) is 0.701. The highest BCUT2D eigenvalue weighted by atomic mass is 35.5. The van der Waals surface area contributed by atoms with Crippen molar-refractivity contribution < 1.29 is 9.53 Å². The number of benzene rings is 1. The number of thiazole rings is 1. The number of halogens is 1. The summed E-state index contributed by atoms with van der Waals surface area (Å²) in [5.41, 5.74) is 2.05. The number of rotatable bonds is 5. The van der Waals surface area contributed by atoms with Crippen LogP contribution in [0.15, 0.2) is 23.6 Å². The molecule has 1 saturated heterocycles. The van der Waals surface area contributed by atoms with Crippen molar-refractivity contribution in [2.24, 2.45) is 0 Å². The van der Waals surface area contributed by atoms with E-state index in [1.807, 2.05) is 24.8 Å². The van der Waals surface area contributed by atoms with E-state index >= 15 is 0 Å². The molecule has 1 atom stereocenters. The van der Waals surface area contributed by atoms with Crippen LogP contribution in [0.4, 0.5) is 0 Å². The summed E-state index contributed by atoms with van der Waals surface area (Å²) >= 11 is 7.71. The molecule has 2 aromatic rings. The molecule has 1 fully saturated rings. The Bertz CT molecular complexity index is 772. The molecule has 0 saturated carbocycles. The molecule has 1 unspecified atom stereocenters. The molecule has 7 heteroatoms. The van der Waals surface area contributed by atoms with Crippen molar-refractivity contribution >= 4 is 28.8 Å². The van der Waals surface area contributed by atoms with Gasteiger partial charge in [0.25, 0.3) is 5.91 Å². The van der Waals surface area contributed by atoms with Gasteiger partial charge in [-0.1, -0.05) is 11.6 Å². The Morgan fingerprint density at radius 1 is 1.31 bits per heavy atom. The van der Waals surface area contributed by atoms with Crippen LogP contribution in [-0.4, -0.2) is 53.0 Å². The third kappa shape index (κ3) is 4.75. The van der Waals surface area contributed by atoms with Gasteiger partial charge in [-0.2, -0.15) is 0 Å². The van der Waals surface area contributed by atoms with E-state index in [9.17, 15) is 4.79 Å². The molecule has 5 nitrogen and oxygen atoms in total. The zero-order valence-electron chi connectivity index (χ0n) is 15.4. The van der Waals surface area contributed by atoms with Crippen LogP contribution in [-0.2, 0) is 11.3 Å². The zero-order chi connectivity index (χ0) is 18.7. The van der Waals surface area contributed by atoms with Gasteiger partial charge in [-0.3, -0.25) is 9.69 Å². The first-order valence-electron chi connectivity index (χ1n) is 8.77. The Morgan fingerprint density at radius 2 is 2.04 bits per heavy atom. The van der Waals surface area contributed by atoms with Gasteiger partial charge in [0.05, 0.1) is 10.7 Å². The Hall–Kier alpha value is -1.63. The molecule has 0 spiro atoms. The fraction of sp³-hybridized carbons (Fsp3) is 0.474. The molecule has 1 amide bonds. The summed E-state index contributed by atoms with van der Waals surface area (Å²) in [5, 5.41) is 3.90. The molecule has 26 heavy (non-hydrogen) atoms. The van der Waals surface area contributed by atoms with E-state index in [-0.39, 0.29) is 5.91 Å². The number of carbonyl (C=O) groups is 1. The van der Waals surface area contributed by atoms with Gasteiger partial charge in [0.1, 0.15) is 5.75 Å². The summed E-state index contributed by atoms with van der Waals surface area (Å²) in [6.07, 6.45) is -0.511. The first-order chi connectivity index (χ1) is 12.4. The predicted octanol–water partition coefficient (Wildman–Crippen LogP) is 3.53. The van der Waals surface area contributed by atoms with E-state index in [1.54, 1.807) is 30.4 Å². The van der Waals surface area contributed by atoms with Crippen molar-refractivity contribution in [1.29, 1.82) is 0 Å². The van der Waals surface area contributed by atoms with Crippen LogP contribution in [0.1, 0.15) is 23.2 Å². The highest BCUT2D eigenvalue weighted by Crippen LogP contribution is 2.22. The largest absolute Gasteiger partial charge is 0.481 e. The van der Waals surface area contributed by atoms with Crippen LogP contribution < -0.4 is 4.74 Å². The van der Waals surface area contributed by atoms with Crippen molar-refractivity contribution in [3.63, 3.8) is 0 Å². The molecule has 1 aliphatic heterocycles. The number of aromatic nitrogens is 1. The second-order valence-electron chi connectivity index (χ2n) is 6.63. The monoisotopic (exact) mass is 393 g/mol. The zero-order valence-corrected chi connectivity index (χ0v) is 16.9. The third-order valence-electron chi connectivity index (χ3n) is 4.53. The molecule has 1 aliphatic rings. The number of hydrogen-bond acceptors (Lipinski definition) is 5. The van der Waals surface area contributed by atoms with Crippen molar-refractivity contribution in [3.8, 4) is 5.75 Å². The van der Waals surface area contributed by atoms with Gasteiger partial charge in [-0.25, -0.2) is 4.98 Å². The molecular weight excluding hydrogens is 370 g/mol. The fourth-order valence-corrected chi connectivity index (χ4v) is 3.76. The molecule has 0 bridgehead atoms. The van der Waals surface area contributed by atoms with Gasteiger partial charge in [0.15, 0.2) is 6.10 Å². The smallest absolute Gasteiger partial charge is 0.263 e. The van der Waals surface area contributed by atoms with E-state index in [0.717, 1.165) is 49.0 Å². The topological polar surface area (TPSA) is 45.7 Å². The maximum absolute atomic E-state index is 12.7. The molecule has 0 N–H and O–H groups in total. The van der Waals surface area contributed by atoms with Crippen LogP contribution in [0.2, 0.25) is 5.02 Å². The number of ether oxygens (including phenoxy) is 1. The molecule has 1 aromatic heterocycles. The first kappa shape index (κ1) is 19.1. The second kappa shape index (κ2) is 8.37. The number of nitrogens with zero attached hydrogens (tertiary/aromatic N) is 3. The van der Waals surface area contributed by atoms with Crippen LogP contribution in [0.5, 0.6) is 5.75 Å². The maximum Gasteiger partial charge on any atom is 0.263 e. The lowest BCUT2D eigenvalue weighted by molar-refractivity contribution is -0.139. The minimum Gasteiger partial charge on any atom is -0.481 e. The lowest BCUT2D eigenvalue weighted by Crippen LogP contribution is -2.51. The summed E-state index contributed by atoms with van der Waals surface area (Å²) in [6.45, 7) is 9.74. The average Bonchev–Trinajstić information content (AvgIpc) is 3.03. The van der Waals surface area contributed by atoms with Crippen LogP contribution in [0.3, 0.4) is 0 Å². The number of hydrogen-bond donors (Lipinski definition) is 0. The number of aryl methyl sites for hydroxylation is 2. The van der Waals surface area contributed by atoms with E-state index in [4.69, 9.17) is 16.3 Å². The highest BCUT2D eigenvalue weighted by Gasteiger charge is 2.26. The Morgan fingerprint density at radius 3 is 2.65 bits per heavy atom. The normalized spacial score (nSPS) is 16.5. The quantitative estimate of drug-likeness (QED) is 0.779. The predicted molar refractivity (Wildman–Crippen MR) is 105 cm³/mol. The fourth-order valence-electron chi connectivity index (χ4n) is 3.04. The van der Waals surface area contributed by atoms with E-state index < -0.39 is 6.10 Å². The summed E-state index contributed by atoms with van der Waals surface area (Å²) in [6, 6.07) is 5.45. The van der Waals surface area contributed by atoms with Gasteiger partial charge < -0.3 is 9.64 Å². The first-order valence-corrected chi connectivity index (χ1v) is 10.0. The number of amides is 1. The van der Waals surface area contributed by atoms with Gasteiger partial charge in [-0.05, 0) is 44.5 Å². The van der Waals surface area contributed by atoms with Gasteiger partial charge in [-0.15, -0.1) is 11.3 Å². The molecule has 0 aliphatic carbocycles. The van der Waals surface area contributed by atoms with Gasteiger partial charge in [0.2, 0.25) is 0 Å². The lowest BCUT2D eigenvalue weighted by Gasteiger charge is -2.35. The molecular formula is C19H24ClN3O2S. The number of piperazine rings is 1. The Labute approximate surface area is 163 Å². The van der Waals surface area contributed by atoms with Gasteiger partial charge in [0, 0.05) is 43.1 Å². The van der Waals surface area contributed by atoms with Crippen molar-refractivity contribution in [1.82, 2.24) is 14.8 Å². The number of carbonyl (C=O) groups excluding carboxylic acids is 1. The average molecular weight is 394 g/mol. The Kier molecular flexibility index (Phi) is 6.16. The van der Waals surface area contributed by atoms with Crippen LogP contribution in [0, 0.1) is 13.8 Å². The lowest BCUT2D eigenvalue weighted by atomic mass is 10.2. The standard InChI is InChI=1S/C19H24ClN3O2S/c1-13-10-17(4-5-18(13)20)25-14(2)19(24)23-8-6-22(7-9-23)11-16-12-26-15(3)21-16/h4-5,10,12,14H,6-9,11H2,1-3H3. The molecule has 2 heterocycles. The second-order valence-corrected chi connectivity index (χ2v) is 8.10. The third-order valence-corrected chi connectivity index (χ3v) is 5.77. The SMILES string of the molecule is Cc1nc(CN2CCN(C(=O)C(C)Oc3ccc(Cl)c(C)c3)CC2)cs1. The van der Waals surface area contributed by atoms with E-state index in [2.05, 4.69) is 15.3 Å². The van der Waals surface area contributed by atoms with E-state index in [0.29, 0.717) is 10.8 Å². The van der Waals surface area contributed by atoms with E-state index in [1.165, 1.54) is 0 Å². The van der Waals surface area contributed by atoms with Crippen molar-refractivity contribution in [2.45, 2.75) is 33.4 Å². The minimum atomic E-state index is -0.511. The van der Waals surface area contributed by atoms with Crippen LogP contribution >= 0.6 is 22.9 Å². The van der Waals surface area contributed by atoms with Crippen LogP contribution in [0.25, 0.3) is 0 Å². The summed E-state index contributed by atoms with van der Waals surface area (Å²) in [4.78, 5) is 21.4. The summed E-state index contributed by atoms with van der Waals surface area (Å²) < 4.78 is 5.82. The Balaban J connectivity index is 1.50. The van der Waals surface area contributed by atoms with Gasteiger partial charge >= 0.3 is 0 Å². The summed E-state index contributed by atoms with van der Waals surface area (Å²) in [7, 11) is 0. The molecule has 0 radical (unpaired) electrons. The molecule has 140 valence electrons. The molecule has 3 rings (SSSR count). The highest BCUT2D eigenvalue weighted by molar-refractivity contribution is 7.09.